The molecule has 0 aliphatic rings. The minimum absolute atomic E-state index is 0.253. The van der Waals surface area contributed by atoms with Crippen molar-refractivity contribution >= 4 is 6.09 Å². The van der Waals surface area contributed by atoms with Crippen molar-refractivity contribution in [3.05, 3.63) is 0 Å². The summed E-state index contributed by atoms with van der Waals surface area (Å²) in [6.07, 6.45) is -0.253. The summed E-state index contributed by atoms with van der Waals surface area (Å²) in [5.74, 6) is 0. The highest BCUT2D eigenvalue weighted by atomic mass is 16.6. The van der Waals surface area contributed by atoms with Crippen LogP contribution in [0.4, 0.5) is 4.79 Å². The smallest absolute Gasteiger partial charge is 0.409 e. The third-order valence-corrected chi connectivity index (χ3v) is 3.17. The van der Waals surface area contributed by atoms with Crippen LogP contribution in [0, 0.1) is 0 Å². The molecule has 0 aliphatic heterocycles. The van der Waals surface area contributed by atoms with Gasteiger partial charge in [-0.15, -0.1) is 0 Å². The first-order chi connectivity index (χ1) is 7.01. The van der Waals surface area contributed by atoms with E-state index in [0.29, 0.717) is 6.61 Å². The Kier molecular flexibility index (Phi) is 6.32. The first kappa shape index (κ1) is 14.2. The van der Waals surface area contributed by atoms with Crippen molar-refractivity contribution in [3.63, 3.8) is 0 Å². The second kappa shape index (κ2) is 6.67. The number of rotatable bonds is 6. The van der Waals surface area contributed by atoms with Crippen LogP contribution < -0.4 is 0 Å². The molecule has 0 bridgehead atoms. The summed E-state index contributed by atoms with van der Waals surface area (Å²) in [5.41, 5.74) is 0. The maximum Gasteiger partial charge on any atom is 0.409 e. The Hall–Kier alpha value is -0.770. The number of quaternary nitrogens is 1. The van der Waals surface area contributed by atoms with Gasteiger partial charge in [-0.25, -0.2) is 4.79 Å². The van der Waals surface area contributed by atoms with Crippen LogP contribution in [0.2, 0.25) is 0 Å². The van der Waals surface area contributed by atoms with E-state index in [1.165, 1.54) is 4.90 Å². The van der Waals surface area contributed by atoms with E-state index in [-0.39, 0.29) is 6.09 Å². The highest BCUT2D eigenvalue weighted by molar-refractivity contribution is 5.66. The lowest BCUT2D eigenvalue weighted by Crippen LogP contribution is -2.49. The molecule has 0 atom stereocenters. The third-order valence-electron chi connectivity index (χ3n) is 3.17. The van der Waals surface area contributed by atoms with Crippen LogP contribution in [-0.4, -0.2) is 62.4 Å². The van der Waals surface area contributed by atoms with Gasteiger partial charge in [-0.1, -0.05) is 0 Å². The SMILES string of the molecule is CC[N+](CC)(CC)CCOC(=O)N(C)C. The van der Waals surface area contributed by atoms with Crippen LogP contribution in [0.3, 0.4) is 0 Å². The fourth-order valence-electron chi connectivity index (χ4n) is 1.60. The van der Waals surface area contributed by atoms with Gasteiger partial charge in [0.05, 0.1) is 19.6 Å². The standard InChI is InChI=1S/C11H25N2O2/c1-6-13(7-2,8-3)9-10-15-11(14)12(4)5/h6-10H2,1-5H3/q+1. The molecule has 0 spiro atoms. The van der Waals surface area contributed by atoms with Gasteiger partial charge >= 0.3 is 6.09 Å². The highest BCUT2D eigenvalue weighted by Gasteiger charge is 2.21. The summed E-state index contributed by atoms with van der Waals surface area (Å²) in [4.78, 5) is 12.6. The summed E-state index contributed by atoms with van der Waals surface area (Å²) < 4.78 is 6.15. The van der Waals surface area contributed by atoms with E-state index in [2.05, 4.69) is 20.8 Å². The highest BCUT2D eigenvalue weighted by Crippen LogP contribution is 2.05. The molecule has 15 heavy (non-hydrogen) atoms. The number of nitrogens with zero attached hydrogens (tertiary/aromatic N) is 2. The minimum Gasteiger partial charge on any atom is -0.443 e. The number of likely N-dealkylation sites (N-methyl/N-ethyl adjacent to an activating group) is 1. The first-order valence-electron chi connectivity index (χ1n) is 5.70. The molecule has 1 amide bonds. The first-order valence-corrected chi connectivity index (χ1v) is 5.70. The average Bonchev–Trinajstić information content (AvgIpc) is 2.24. The molecule has 0 aromatic heterocycles. The summed E-state index contributed by atoms with van der Waals surface area (Å²) in [7, 11) is 3.40. The summed E-state index contributed by atoms with van der Waals surface area (Å²) >= 11 is 0. The average molecular weight is 217 g/mol. The van der Waals surface area contributed by atoms with Crippen molar-refractivity contribution in [2.75, 3.05) is 46.9 Å². The number of amides is 1. The van der Waals surface area contributed by atoms with Crippen LogP contribution in [0.15, 0.2) is 0 Å². The number of ether oxygens (including phenoxy) is 1. The monoisotopic (exact) mass is 217 g/mol. The molecule has 0 heterocycles. The summed E-state index contributed by atoms with van der Waals surface area (Å²) in [6, 6.07) is 0. The third kappa shape index (κ3) is 4.51. The molecule has 4 heteroatoms. The second-order valence-corrected chi connectivity index (χ2v) is 4.02. The molecule has 0 rings (SSSR count). The van der Waals surface area contributed by atoms with Gasteiger partial charge in [0.25, 0.3) is 0 Å². The number of carbonyl (C=O) groups excluding carboxylic acids is 1. The van der Waals surface area contributed by atoms with Crippen molar-refractivity contribution in [2.24, 2.45) is 0 Å². The topological polar surface area (TPSA) is 29.5 Å². The van der Waals surface area contributed by atoms with Gasteiger partial charge in [-0.3, -0.25) is 0 Å². The van der Waals surface area contributed by atoms with E-state index >= 15 is 0 Å². The van der Waals surface area contributed by atoms with Crippen molar-refractivity contribution in [1.29, 1.82) is 0 Å². The molecule has 90 valence electrons. The fraction of sp³-hybridized carbons (Fsp3) is 0.909. The van der Waals surface area contributed by atoms with E-state index in [1.54, 1.807) is 14.1 Å². The van der Waals surface area contributed by atoms with Crippen LogP contribution in [0.5, 0.6) is 0 Å². The molecular formula is C11H25N2O2+. The van der Waals surface area contributed by atoms with Crippen LogP contribution >= 0.6 is 0 Å². The molecule has 0 fully saturated rings. The number of hydrogen-bond donors (Lipinski definition) is 0. The Bertz CT molecular complexity index is 181. The van der Waals surface area contributed by atoms with Gasteiger partial charge in [-0.05, 0) is 20.8 Å². The van der Waals surface area contributed by atoms with E-state index in [9.17, 15) is 4.79 Å². The number of hydrogen-bond acceptors (Lipinski definition) is 2. The van der Waals surface area contributed by atoms with Crippen molar-refractivity contribution < 1.29 is 14.0 Å². The van der Waals surface area contributed by atoms with E-state index in [4.69, 9.17) is 4.74 Å². The molecule has 4 nitrogen and oxygen atoms in total. The van der Waals surface area contributed by atoms with E-state index < -0.39 is 0 Å². The molecule has 0 saturated heterocycles. The lowest BCUT2D eigenvalue weighted by Gasteiger charge is -2.35. The van der Waals surface area contributed by atoms with Crippen molar-refractivity contribution in [3.8, 4) is 0 Å². The molecule has 0 unspecified atom stereocenters. The predicted octanol–water partition coefficient (Wildman–Crippen LogP) is 1.56. The number of carbonyl (C=O) groups is 1. The van der Waals surface area contributed by atoms with Gasteiger partial charge in [-0.2, -0.15) is 0 Å². The van der Waals surface area contributed by atoms with Gasteiger partial charge < -0.3 is 14.1 Å². The zero-order chi connectivity index (χ0) is 11.9. The van der Waals surface area contributed by atoms with Crippen LogP contribution in [0.25, 0.3) is 0 Å². The van der Waals surface area contributed by atoms with Crippen molar-refractivity contribution in [2.45, 2.75) is 20.8 Å². The lowest BCUT2D eigenvalue weighted by molar-refractivity contribution is -0.923. The molecule has 0 radical (unpaired) electrons. The van der Waals surface area contributed by atoms with Crippen molar-refractivity contribution in [1.82, 2.24) is 4.90 Å². The Labute approximate surface area is 93.4 Å². The zero-order valence-corrected chi connectivity index (χ0v) is 10.7. The van der Waals surface area contributed by atoms with Crippen LogP contribution in [-0.2, 0) is 4.74 Å². The second-order valence-electron chi connectivity index (χ2n) is 4.02. The largest absolute Gasteiger partial charge is 0.443 e. The zero-order valence-electron chi connectivity index (χ0n) is 10.7. The van der Waals surface area contributed by atoms with Gasteiger partial charge in [0.15, 0.2) is 0 Å². The molecule has 0 aromatic rings. The maximum atomic E-state index is 11.2. The maximum absolute atomic E-state index is 11.2. The molecule has 0 aromatic carbocycles. The molecule has 0 aliphatic carbocycles. The van der Waals surface area contributed by atoms with Gasteiger partial charge in [0.1, 0.15) is 13.2 Å². The Morgan fingerprint density at radius 1 is 1.13 bits per heavy atom. The summed E-state index contributed by atoms with van der Waals surface area (Å²) in [6.45, 7) is 11.2. The van der Waals surface area contributed by atoms with Gasteiger partial charge in [0, 0.05) is 14.1 Å². The Morgan fingerprint density at radius 2 is 1.60 bits per heavy atom. The van der Waals surface area contributed by atoms with Crippen LogP contribution in [0.1, 0.15) is 20.8 Å². The minimum atomic E-state index is -0.253. The quantitative estimate of drug-likeness (QED) is 0.632. The Morgan fingerprint density at radius 3 is 1.93 bits per heavy atom. The van der Waals surface area contributed by atoms with E-state index in [0.717, 1.165) is 30.7 Å². The predicted molar refractivity (Wildman–Crippen MR) is 61.8 cm³/mol. The Balaban J connectivity index is 3.96. The molecule has 0 saturated carbocycles. The molecule has 0 N–H and O–H groups in total. The normalized spacial score (nSPS) is 11.3. The van der Waals surface area contributed by atoms with E-state index in [1.807, 2.05) is 0 Å². The lowest BCUT2D eigenvalue weighted by atomic mass is 10.3. The summed E-state index contributed by atoms with van der Waals surface area (Å²) in [5, 5.41) is 0. The fourth-order valence-corrected chi connectivity index (χ4v) is 1.60. The van der Waals surface area contributed by atoms with Gasteiger partial charge in [0.2, 0.25) is 0 Å². The molecular weight excluding hydrogens is 192 g/mol.